The highest BCUT2D eigenvalue weighted by atomic mass is 32.2. The highest BCUT2D eigenvalue weighted by Crippen LogP contribution is 2.42. The van der Waals surface area contributed by atoms with Gasteiger partial charge in [-0.15, -0.1) is 0 Å². The van der Waals surface area contributed by atoms with Gasteiger partial charge in [0.1, 0.15) is 0 Å². The van der Waals surface area contributed by atoms with E-state index in [1.165, 1.54) is 6.42 Å². The maximum Gasteiger partial charge on any atom is 0.155 e. The van der Waals surface area contributed by atoms with E-state index in [9.17, 15) is 8.42 Å². The van der Waals surface area contributed by atoms with E-state index in [0.717, 1.165) is 19.3 Å². The summed E-state index contributed by atoms with van der Waals surface area (Å²) >= 11 is 0. The van der Waals surface area contributed by atoms with Gasteiger partial charge in [-0.25, -0.2) is 8.42 Å². The van der Waals surface area contributed by atoms with Gasteiger partial charge < -0.3 is 5.32 Å². The molecule has 3 unspecified atom stereocenters. The van der Waals surface area contributed by atoms with Gasteiger partial charge >= 0.3 is 0 Å². The zero-order valence-electron chi connectivity index (χ0n) is 11.2. The molecule has 4 heteroatoms. The van der Waals surface area contributed by atoms with Crippen LogP contribution in [0.25, 0.3) is 0 Å². The summed E-state index contributed by atoms with van der Waals surface area (Å²) in [6.07, 6.45) is 4.19. The van der Waals surface area contributed by atoms with E-state index in [1.807, 2.05) is 0 Å². The van der Waals surface area contributed by atoms with Gasteiger partial charge in [0, 0.05) is 12.6 Å². The molecule has 1 heterocycles. The first-order valence-corrected chi connectivity index (χ1v) is 8.53. The lowest BCUT2D eigenvalue weighted by molar-refractivity contribution is 0.137. The van der Waals surface area contributed by atoms with Gasteiger partial charge in [-0.05, 0) is 30.6 Å². The highest BCUT2D eigenvalue weighted by Gasteiger charge is 2.44. The molecule has 0 bridgehead atoms. The number of sulfone groups is 1. The molecule has 0 radical (unpaired) electrons. The average molecular weight is 259 g/mol. The molecule has 17 heavy (non-hydrogen) atoms. The van der Waals surface area contributed by atoms with Gasteiger partial charge in [0.25, 0.3) is 0 Å². The van der Waals surface area contributed by atoms with E-state index in [2.05, 4.69) is 26.1 Å². The van der Waals surface area contributed by atoms with Crippen LogP contribution in [0.3, 0.4) is 0 Å². The van der Waals surface area contributed by atoms with Crippen LogP contribution < -0.4 is 5.32 Å². The fourth-order valence-corrected chi connectivity index (χ4v) is 5.26. The highest BCUT2D eigenvalue weighted by molar-refractivity contribution is 7.92. The third kappa shape index (κ3) is 2.53. The van der Waals surface area contributed by atoms with Gasteiger partial charge in [0.05, 0.1) is 11.0 Å². The van der Waals surface area contributed by atoms with E-state index in [-0.39, 0.29) is 16.7 Å². The van der Waals surface area contributed by atoms with Crippen LogP contribution >= 0.6 is 0 Å². The summed E-state index contributed by atoms with van der Waals surface area (Å²) in [5.74, 6) is 0.886. The van der Waals surface area contributed by atoms with Gasteiger partial charge in [-0.3, -0.25) is 0 Å². The van der Waals surface area contributed by atoms with Crippen LogP contribution in [-0.2, 0) is 9.84 Å². The number of fused-ring (bicyclic) bond motifs is 1. The summed E-state index contributed by atoms with van der Waals surface area (Å²) in [7, 11) is -2.85. The molecular formula is C13H25NO2S. The lowest BCUT2D eigenvalue weighted by Gasteiger charge is -2.44. The Hall–Kier alpha value is -0.0900. The summed E-state index contributed by atoms with van der Waals surface area (Å²) < 4.78 is 24.3. The van der Waals surface area contributed by atoms with Crippen molar-refractivity contribution in [1.82, 2.24) is 5.32 Å². The fourth-order valence-electron chi connectivity index (χ4n) is 3.30. The molecule has 3 atom stereocenters. The van der Waals surface area contributed by atoms with Crippen molar-refractivity contribution in [2.75, 3.05) is 12.3 Å². The van der Waals surface area contributed by atoms with E-state index >= 15 is 0 Å². The molecule has 2 fully saturated rings. The fraction of sp³-hybridized carbons (Fsp3) is 1.00. The maximum absolute atomic E-state index is 12.1. The minimum Gasteiger partial charge on any atom is -0.312 e. The Morgan fingerprint density at radius 2 is 2.00 bits per heavy atom. The SMILES string of the molecule is CCC(C)(C)C1CCC2NCCS(=O)(=O)C2C1. The van der Waals surface area contributed by atoms with Crippen LogP contribution in [0.4, 0.5) is 0 Å². The van der Waals surface area contributed by atoms with Gasteiger partial charge in [0.15, 0.2) is 9.84 Å². The van der Waals surface area contributed by atoms with Crippen LogP contribution in [0.2, 0.25) is 0 Å². The molecule has 1 saturated carbocycles. The van der Waals surface area contributed by atoms with Crippen molar-refractivity contribution in [2.24, 2.45) is 11.3 Å². The summed E-state index contributed by atoms with van der Waals surface area (Å²) in [5, 5.41) is 3.26. The number of rotatable bonds is 2. The average Bonchev–Trinajstić information content (AvgIpc) is 2.28. The van der Waals surface area contributed by atoms with Crippen molar-refractivity contribution in [3.63, 3.8) is 0 Å². The molecule has 0 aromatic heterocycles. The number of nitrogens with one attached hydrogen (secondary N) is 1. The molecule has 0 aromatic rings. The minimum absolute atomic E-state index is 0.124. The Balaban J connectivity index is 2.16. The summed E-state index contributed by atoms with van der Waals surface area (Å²) in [6.45, 7) is 7.41. The van der Waals surface area contributed by atoms with Gasteiger partial charge in [-0.1, -0.05) is 27.2 Å². The van der Waals surface area contributed by atoms with Gasteiger partial charge in [-0.2, -0.15) is 0 Å². The Labute approximate surface area is 105 Å². The first-order chi connectivity index (χ1) is 7.87. The first kappa shape index (κ1) is 13.3. The molecule has 1 saturated heterocycles. The Morgan fingerprint density at radius 1 is 1.29 bits per heavy atom. The lowest BCUT2D eigenvalue weighted by Crippen LogP contribution is -2.55. The number of hydrogen-bond donors (Lipinski definition) is 1. The second-order valence-corrected chi connectivity index (χ2v) is 8.66. The summed E-state index contributed by atoms with van der Waals surface area (Å²) in [4.78, 5) is 0. The van der Waals surface area contributed by atoms with Crippen molar-refractivity contribution in [2.45, 2.75) is 57.7 Å². The van der Waals surface area contributed by atoms with Crippen LogP contribution in [0.15, 0.2) is 0 Å². The van der Waals surface area contributed by atoms with Crippen molar-refractivity contribution < 1.29 is 8.42 Å². The third-order valence-electron chi connectivity index (χ3n) is 5.06. The molecule has 0 amide bonds. The molecule has 1 N–H and O–H groups in total. The van der Waals surface area contributed by atoms with E-state index in [1.54, 1.807) is 0 Å². The second-order valence-electron chi connectivity index (χ2n) is 6.32. The molecular weight excluding hydrogens is 234 g/mol. The van der Waals surface area contributed by atoms with Gasteiger partial charge in [0.2, 0.25) is 0 Å². The second kappa shape index (κ2) is 4.54. The smallest absolute Gasteiger partial charge is 0.155 e. The summed E-state index contributed by atoms with van der Waals surface area (Å²) in [5.41, 5.74) is 0.276. The summed E-state index contributed by atoms with van der Waals surface area (Å²) in [6, 6.07) is 0.220. The predicted molar refractivity (Wildman–Crippen MR) is 70.8 cm³/mol. The Morgan fingerprint density at radius 3 is 2.65 bits per heavy atom. The molecule has 2 rings (SSSR count). The Bertz CT molecular complexity index is 375. The normalized spacial score (nSPS) is 37.5. The third-order valence-corrected chi connectivity index (χ3v) is 7.28. The van der Waals surface area contributed by atoms with Crippen LogP contribution in [0, 0.1) is 11.3 Å². The van der Waals surface area contributed by atoms with Crippen LogP contribution in [-0.4, -0.2) is 32.0 Å². The quantitative estimate of drug-likeness (QED) is 0.825. The first-order valence-electron chi connectivity index (χ1n) is 6.82. The van der Waals surface area contributed by atoms with Crippen molar-refractivity contribution >= 4 is 9.84 Å². The molecule has 2 aliphatic rings. The minimum atomic E-state index is -2.85. The van der Waals surface area contributed by atoms with E-state index in [0.29, 0.717) is 18.2 Å². The molecule has 0 spiro atoms. The van der Waals surface area contributed by atoms with Crippen LogP contribution in [0.5, 0.6) is 0 Å². The zero-order valence-corrected chi connectivity index (χ0v) is 12.0. The van der Waals surface area contributed by atoms with E-state index in [4.69, 9.17) is 0 Å². The predicted octanol–water partition coefficient (Wildman–Crippen LogP) is 1.98. The molecule has 0 aromatic carbocycles. The van der Waals surface area contributed by atoms with Crippen LogP contribution in [0.1, 0.15) is 46.5 Å². The van der Waals surface area contributed by atoms with E-state index < -0.39 is 9.84 Å². The van der Waals surface area contributed by atoms with Crippen molar-refractivity contribution in [1.29, 1.82) is 0 Å². The molecule has 3 nitrogen and oxygen atoms in total. The maximum atomic E-state index is 12.1. The van der Waals surface area contributed by atoms with Crippen molar-refractivity contribution in [3.8, 4) is 0 Å². The zero-order chi connectivity index (χ0) is 12.7. The largest absolute Gasteiger partial charge is 0.312 e. The molecule has 1 aliphatic heterocycles. The number of hydrogen-bond acceptors (Lipinski definition) is 3. The van der Waals surface area contributed by atoms with Crippen molar-refractivity contribution in [3.05, 3.63) is 0 Å². The Kier molecular flexibility index (Phi) is 3.56. The monoisotopic (exact) mass is 259 g/mol. The standard InChI is InChI=1S/C13H25NO2S/c1-4-13(2,3)10-5-6-11-12(9-10)17(15,16)8-7-14-11/h10-12,14H,4-9H2,1-3H3. The lowest BCUT2D eigenvalue weighted by atomic mass is 9.68. The molecule has 1 aliphatic carbocycles. The topological polar surface area (TPSA) is 46.2 Å². The molecule has 100 valence electrons.